The molecule has 2 aromatic carbocycles. The summed E-state index contributed by atoms with van der Waals surface area (Å²) >= 11 is 5.79. The smallest absolute Gasteiger partial charge is 0.143 e. The Bertz CT molecular complexity index is 587. The normalized spacial score (nSPS) is 10.3. The fourth-order valence-electron chi connectivity index (χ4n) is 1.79. The molecule has 0 heterocycles. The molecule has 2 N–H and O–H groups in total. The summed E-state index contributed by atoms with van der Waals surface area (Å²) in [4.78, 5) is 1.83. The molecule has 0 aromatic heterocycles. The molecule has 0 unspecified atom stereocenters. The van der Waals surface area contributed by atoms with Crippen LogP contribution in [0.5, 0.6) is 5.75 Å². The van der Waals surface area contributed by atoms with Crippen molar-refractivity contribution in [3.05, 3.63) is 47.2 Å². The monoisotopic (exact) mass is 280 g/mol. The summed E-state index contributed by atoms with van der Waals surface area (Å²) in [5, 5.41) is 0.0459. The molecule has 0 bridgehead atoms. The molecule has 0 fully saturated rings. The van der Waals surface area contributed by atoms with Crippen LogP contribution in [0.25, 0.3) is 0 Å². The minimum Gasteiger partial charge on any atom is -0.497 e. The van der Waals surface area contributed by atoms with Crippen LogP contribution in [-0.4, -0.2) is 14.2 Å². The second kappa shape index (κ2) is 5.36. The molecule has 19 heavy (non-hydrogen) atoms. The minimum atomic E-state index is -0.522. The fourth-order valence-corrected chi connectivity index (χ4v) is 1.95. The Morgan fingerprint density at radius 1 is 1.21 bits per heavy atom. The van der Waals surface area contributed by atoms with E-state index in [0.29, 0.717) is 11.4 Å². The van der Waals surface area contributed by atoms with Crippen molar-refractivity contribution in [2.45, 2.75) is 0 Å². The Morgan fingerprint density at radius 3 is 2.42 bits per heavy atom. The number of nitrogens with two attached hydrogens (primary N) is 1. The van der Waals surface area contributed by atoms with Gasteiger partial charge in [-0.3, -0.25) is 0 Å². The molecule has 5 heteroatoms. The van der Waals surface area contributed by atoms with E-state index in [0.717, 1.165) is 11.4 Å². The van der Waals surface area contributed by atoms with Gasteiger partial charge in [0.05, 0.1) is 23.5 Å². The minimum absolute atomic E-state index is 0.0459. The van der Waals surface area contributed by atoms with E-state index in [2.05, 4.69) is 0 Å². The van der Waals surface area contributed by atoms with Crippen molar-refractivity contribution in [3.63, 3.8) is 0 Å². The lowest BCUT2D eigenvalue weighted by Crippen LogP contribution is -2.11. The Balaban J connectivity index is 2.37. The Kier molecular flexibility index (Phi) is 3.81. The van der Waals surface area contributed by atoms with Crippen LogP contribution in [0.15, 0.2) is 36.4 Å². The summed E-state index contributed by atoms with van der Waals surface area (Å²) < 4.78 is 18.4. The fraction of sp³-hybridized carbons (Fsp3) is 0.143. The summed E-state index contributed by atoms with van der Waals surface area (Å²) in [7, 11) is 3.44. The number of halogens is 2. The topological polar surface area (TPSA) is 38.5 Å². The van der Waals surface area contributed by atoms with Crippen molar-refractivity contribution in [2.24, 2.45) is 0 Å². The predicted octanol–water partition coefficient (Wildman–Crippen LogP) is 3.84. The van der Waals surface area contributed by atoms with Crippen LogP contribution in [0.4, 0.5) is 21.5 Å². The van der Waals surface area contributed by atoms with Crippen LogP contribution in [0, 0.1) is 5.82 Å². The molecule has 0 saturated heterocycles. The summed E-state index contributed by atoms with van der Waals surface area (Å²) in [5.41, 5.74) is 7.70. The van der Waals surface area contributed by atoms with E-state index in [1.54, 1.807) is 7.11 Å². The van der Waals surface area contributed by atoms with E-state index < -0.39 is 5.82 Å². The maximum absolute atomic E-state index is 13.3. The summed E-state index contributed by atoms with van der Waals surface area (Å²) in [6.45, 7) is 0. The number of hydrogen-bond donors (Lipinski definition) is 1. The third-order valence-electron chi connectivity index (χ3n) is 2.89. The van der Waals surface area contributed by atoms with Crippen LogP contribution in [-0.2, 0) is 0 Å². The van der Waals surface area contributed by atoms with Crippen molar-refractivity contribution in [3.8, 4) is 5.75 Å². The van der Waals surface area contributed by atoms with Gasteiger partial charge in [0.1, 0.15) is 11.6 Å². The van der Waals surface area contributed by atoms with E-state index in [-0.39, 0.29) is 5.02 Å². The van der Waals surface area contributed by atoms with E-state index in [9.17, 15) is 4.39 Å². The predicted molar refractivity (Wildman–Crippen MR) is 76.9 cm³/mol. The lowest BCUT2D eigenvalue weighted by atomic mass is 10.2. The van der Waals surface area contributed by atoms with Gasteiger partial charge in [0.25, 0.3) is 0 Å². The van der Waals surface area contributed by atoms with E-state index in [1.807, 2.05) is 36.2 Å². The highest BCUT2D eigenvalue weighted by molar-refractivity contribution is 6.31. The number of nitrogens with zero attached hydrogens (tertiary/aromatic N) is 1. The van der Waals surface area contributed by atoms with Gasteiger partial charge in [0.2, 0.25) is 0 Å². The summed E-state index contributed by atoms with van der Waals surface area (Å²) in [6, 6.07) is 10.2. The average Bonchev–Trinajstić information content (AvgIpc) is 2.42. The first-order chi connectivity index (χ1) is 9.02. The van der Waals surface area contributed by atoms with Crippen molar-refractivity contribution < 1.29 is 9.13 Å². The van der Waals surface area contributed by atoms with E-state index >= 15 is 0 Å². The highest BCUT2D eigenvalue weighted by Crippen LogP contribution is 2.33. The molecular formula is C14H14ClFN2O. The highest BCUT2D eigenvalue weighted by atomic mass is 35.5. The lowest BCUT2D eigenvalue weighted by Gasteiger charge is -2.22. The van der Waals surface area contributed by atoms with Crippen LogP contribution in [0.2, 0.25) is 5.02 Å². The second-order valence-corrected chi connectivity index (χ2v) is 4.49. The standard InChI is InChI=1S/C14H14ClFN2O/c1-18(9-3-5-10(19-2)6-4-9)14-7-11(15)12(16)8-13(14)17/h3-8H,17H2,1-2H3. The maximum Gasteiger partial charge on any atom is 0.143 e. The number of hydrogen-bond acceptors (Lipinski definition) is 3. The van der Waals surface area contributed by atoms with E-state index in [4.69, 9.17) is 22.1 Å². The van der Waals surface area contributed by atoms with Crippen molar-refractivity contribution >= 4 is 28.7 Å². The molecule has 0 amide bonds. The maximum atomic E-state index is 13.3. The molecule has 0 aliphatic rings. The number of methoxy groups -OCH3 is 1. The van der Waals surface area contributed by atoms with Crippen molar-refractivity contribution in [1.29, 1.82) is 0 Å². The Morgan fingerprint density at radius 2 is 1.84 bits per heavy atom. The van der Waals surface area contributed by atoms with Crippen molar-refractivity contribution in [1.82, 2.24) is 0 Å². The first-order valence-electron chi connectivity index (χ1n) is 5.65. The van der Waals surface area contributed by atoms with Gasteiger partial charge in [0, 0.05) is 18.8 Å². The van der Waals surface area contributed by atoms with Gasteiger partial charge >= 0.3 is 0 Å². The molecule has 2 aromatic rings. The van der Waals surface area contributed by atoms with Gasteiger partial charge in [-0.15, -0.1) is 0 Å². The van der Waals surface area contributed by atoms with Crippen molar-refractivity contribution in [2.75, 3.05) is 24.8 Å². The van der Waals surface area contributed by atoms with Gasteiger partial charge in [-0.1, -0.05) is 11.6 Å². The molecule has 0 aliphatic heterocycles. The summed E-state index contributed by atoms with van der Waals surface area (Å²) in [5.74, 6) is 0.244. The Labute approximate surface area is 116 Å². The quantitative estimate of drug-likeness (QED) is 0.868. The zero-order chi connectivity index (χ0) is 14.0. The molecule has 0 saturated carbocycles. The number of nitrogen functional groups attached to an aromatic ring is 1. The third-order valence-corrected chi connectivity index (χ3v) is 3.18. The number of rotatable bonds is 3. The first-order valence-corrected chi connectivity index (χ1v) is 6.03. The number of ether oxygens (including phenoxy) is 1. The third kappa shape index (κ3) is 2.74. The first kappa shape index (κ1) is 13.5. The molecule has 3 nitrogen and oxygen atoms in total. The van der Waals surface area contributed by atoms with Gasteiger partial charge in [-0.05, 0) is 30.3 Å². The molecule has 0 radical (unpaired) electrons. The van der Waals surface area contributed by atoms with Gasteiger partial charge in [-0.25, -0.2) is 4.39 Å². The zero-order valence-corrected chi connectivity index (χ0v) is 11.4. The van der Waals surface area contributed by atoms with Crippen LogP contribution in [0.1, 0.15) is 0 Å². The SMILES string of the molecule is COc1ccc(N(C)c2cc(Cl)c(F)cc2N)cc1. The zero-order valence-electron chi connectivity index (χ0n) is 10.7. The molecular weight excluding hydrogens is 267 g/mol. The molecule has 0 aliphatic carbocycles. The lowest BCUT2D eigenvalue weighted by molar-refractivity contribution is 0.415. The largest absolute Gasteiger partial charge is 0.497 e. The van der Waals surface area contributed by atoms with Crippen LogP contribution >= 0.6 is 11.6 Å². The molecule has 2 rings (SSSR count). The van der Waals surface area contributed by atoms with Gasteiger partial charge < -0.3 is 15.4 Å². The molecule has 0 atom stereocenters. The summed E-state index contributed by atoms with van der Waals surface area (Å²) in [6.07, 6.45) is 0. The van der Waals surface area contributed by atoms with E-state index in [1.165, 1.54) is 12.1 Å². The van der Waals surface area contributed by atoms with Gasteiger partial charge in [-0.2, -0.15) is 0 Å². The van der Waals surface area contributed by atoms with Crippen LogP contribution in [0.3, 0.4) is 0 Å². The van der Waals surface area contributed by atoms with Gasteiger partial charge in [0.15, 0.2) is 0 Å². The number of benzene rings is 2. The molecule has 0 spiro atoms. The Hall–Kier alpha value is -1.94. The van der Waals surface area contributed by atoms with Crippen LogP contribution < -0.4 is 15.4 Å². The average molecular weight is 281 g/mol. The highest BCUT2D eigenvalue weighted by Gasteiger charge is 2.11. The second-order valence-electron chi connectivity index (χ2n) is 4.08. The molecule has 100 valence electrons. The number of anilines is 3.